The highest BCUT2D eigenvalue weighted by atomic mass is 16.7. The molecular weight excluding hydrogens is 320 g/mol. The molecule has 0 saturated heterocycles. The number of nitrogens with zero attached hydrogens (tertiary/aromatic N) is 2. The lowest BCUT2D eigenvalue weighted by Crippen LogP contribution is -2.24. The fourth-order valence-electron chi connectivity index (χ4n) is 2.35. The number of fused-ring (bicyclic) bond motifs is 1. The Morgan fingerprint density at radius 3 is 2.80 bits per heavy atom. The second-order valence-corrected chi connectivity index (χ2v) is 6.27. The molecule has 0 fully saturated rings. The quantitative estimate of drug-likeness (QED) is 0.804. The first-order valence-electron chi connectivity index (χ1n) is 8.34. The highest BCUT2D eigenvalue weighted by molar-refractivity contribution is 5.91. The predicted octanol–water partition coefficient (Wildman–Crippen LogP) is 2.59. The van der Waals surface area contributed by atoms with Crippen molar-refractivity contribution in [1.29, 1.82) is 0 Å². The number of ether oxygens (including phenoxy) is 2. The van der Waals surface area contributed by atoms with Gasteiger partial charge in [-0.15, -0.1) is 0 Å². The Labute approximate surface area is 146 Å². The third-order valence-corrected chi connectivity index (χ3v) is 3.80. The van der Waals surface area contributed by atoms with Crippen molar-refractivity contribution >= 4 is 11.7 Å². The van der Waals surface area contributed by atoms with Crippen LogP contribution >= 0.6 is 0 Å². The molecular formula is C18H22N4O3. The van der Waals surface area contributed by atoms with Gasteiger partial charge >= 0.3 is 0 Å². The van der Waals surface area contributed by atoms with E-state index in [4.69, 9.17) is 9.47 Å². The van der Waals surface area contributed by atoms with E-state index in [9.17, 15) is 4.79 Å². The number of hydrogen-bond donors (Lipinski definition) is 2. The number of anilines is 1. The minimum Gasteiger partial charge on any atom is -0.454 e. The Morgan fingerprint density at radius 1 is 1.20 bits per heavy atom. The van der Waals surface area contributed by atoms with Crippen molar-refractivity contribution in [3.8, 4) is 11.5 Å². The van der Waals surface area contributed by atoms with Crippen molar-refractivity contribution in [2.24, 2.45) is 5.92 Å². The molecule has 0 atom stereocenters. The summed E-state index contributed by atoms with van der Waals surface area (Å²) in [5.74, 6) is 2.46. The highest BCUT2D eigenvalue weighted by Crippen LogP contribution is 2.32. The topological polar surface area (TPSA) is 85.4 Å². The molecule has 2 heterocycles. The van der Waals surface area contributed by atoms with Gasteiger partial charge in [-0.25, -0.2) is 9.97 Å². The van der Waals surface area contributed by atoms with Gasteiger partial charge in [-0.3, -0.25) is 4.79 Å². The summed E-state index contributed by atoms with van der Waals surface area (Å²) in [4.78, 5) is 20.6. The smallest absolute Gasteiger partial charge is 0.271 e. The van der Waals surface area contributed by atoms with E-state index < -0.39 is 0 Å². The minimum absolute atomic E-state index is 0.234. The van der Waals surface area contributed by atoms with Crippen LogP contribution in [0.1, 0.15) is 36.3 Å². The molecule has 1 aliphatic rings. The number of nitrogens with one attached hydrogen (secondary N) is 2. The molecule has 7 nitrogen and oxygen atoms in total. The van der Waals surface area contributed by atoms with Crippen LogP contribution in [0.5, 0.6) is 11.5 Å². The van der Waals surface area contributed by atoms with E-state index >= 15 is 0 Å². The maximum atomic E-state index is 12.2. The van der Waals surface area contributed by atoms with E-state index in [2.05, 4.69) is 34.4 Å². The van der Waals surface area contributed by atoms with Crippen LogP contribution < -0.4 is 20.1 Å². The van der Waals surface area contributed by atoms with Gasteiger partial charge in [-0.1, -0.05) is 19.9 Å². The van der Waals surface area contributed by atoms with Gasteiger partial charge in [0.1, 0.15) is 11.5 Å². The summed E-state index contributed by atoms with van der Waals surface area (Å²) < 4.78 is 10.6. The van der Waals surface area contributed by atoms with Crippen LogP contribution in [-0.4, -0.2) is 29.2 Å². The molecule has 0 unspecified atom stereocenters. The van der Waals surface area contributed by atoms with Gasteiger partial charge in [-0.05, 0) is 30.0 Å². The predicted molar refractivity (Wildman–Crippen MR) is 93.7 cm³/mol. The first kappa shape index (κ1) is 17.0. The third-order valence-electron chi connectivity index (χ3n) is 3.80. The van der Waals surface area contributed by atoms with Crippen molar-refractivity contribution in [2.45, 2.75) is 26.8 Å². The second-order valence-electron chi connectivity index (χ2n) is 6.27. The van der Waals surface area contributed by atoms with Gasteiger partial charge in [0, 0.05) is 13.1 Å². The van der Waals surface area contributed by atoms with Crippen LogP contribution in [0.25, 0.3) is 0 Å². The van der Waals surface area contributed by atoms with Gasteiger partial charge in [0.2, 0.25) is 6.79 Å². The lowest BCUT2D eigenvalue weighted by atomic mass is 10.1. The molecule has 1 aromatic heterocycles. The Morgan fingerprint density at radius 2 is 2.04 bits per heavy atom. The number of rotatable bonds is 7. The van der Waals surface area contributed by atoms with Gasteiger partial charge in [0.25, 0.3) is 5.91 Å². The molecule has 0 aliphatic carbocycles. The normalized spacial score (nSPS) is 12.3. The first-order valence-corrected chi connectivity index (χ1v) is 8.34. The molecule has 1 amide bonds. The molecule has 0 saturated carbocycles. The molecule has 1 aliphatic heterocycles. The van der Waals surface area contributed by atoms with Crippen molar-refractivity contribution < 1.29 is 14.3 Å². The van der Waals surface area contributed by atoms with Gasteiger partial charge in [0.15, 0.2) is 11.5 Å². The Bertz CT molecular complexity index is 732. The zero-order chi connectivity index (χ0) is 17.6. The van der Waals surface area contributed by atoms with E-state index in [1.54, 1.807) is 6.20 Å². The summed E-state index contributed by atoms with van der Waals surface area (Å²) in [5, 5.41) is 6.02. The average molecular weight is 342 g/mol. The summed E-state index contributed by atoms with van der Waals surface area (Å²) in [5.41, 5.74) is 1.22. The maximum Gasteiger partial charge on any atom is 0.271 e. The molecule has 25 heavy (non-hydrogen) atoms. The van der Waals surface area contributed by atoms with E-state index in [0.29, 0.717) is 24.0 Å². The summed E-state index contributed by atoms with van der Waals surface area (Å²) >= 11 is 0. The fraction of sp³-hybridized carbons (Fsp3) is 0.389. The third kappa shape index (κ3) is 4.59. The lowest BCUT2D eigenvalue weighted by molar-refractivity contribution is 0.0945. The van der Waals surface area contributed by atoms with Crippen molar-refractivity contribution in [2.75, 3.05) is 18.7 Å². The summed E-state index contributed by atoms with van der Waals surface area (Å²) in [6, 6.07) is 5.58. The standard InChI is InChI=1S/C18H22N4O3/c1-12(2)5-6-19-17-10-20-14(9-21-17)18(23)22-8-13-3-4-15-16(7-13)25-11-24-15/h3-4,7,9-10,12H,5-6,8,11H2,1-2H3,(H,19,21)(H,22,23). The fourth-order valence-corrected chi connectivity index (χ4v) is 2.35. The zero-order valence-electron chi connectivity index (χ0n) is 14.4. The number of hydrogen-bond acceptors (Lipinski definition) is 6. The molecule has 2 aromatic rings. The number of benzene rings is 1. The van der Waals surface area contributed by atoms with Crippen LogP contribution in [0.15, 0.2) is 30.6 Å². The van der Waals surface area contributed by atoms with E-state index in [0.717, 1.165) is 24.3 Å². The van der Waals surface area contributed by atoms with Crippen molar-refractivity contribution in [3.63, 3.8) is 0 Å². The molecule has 0 bridgehead atoms. The summed E-state index contributed by atoms with van der Waals surface area (Å²) in [7, 11) is 0. The molecule has 0 radical (unpaired) electrons. The molecule has 2 N–H and O–H groups in total. The first-order chi connectivity index (χ1) is 12.1. The Kier molecular flexibility index (Phi) is 5.33. The van der Waals surface area contributed by atoms with Crippen LogP contribution in [0.2, 0.25) is 0 Å². The van der Waals surface area contributed by atoms with Gasteiger partial charge in [0.05, 0.1) is 12.4 Å². The van der Waals surface area contributed by atoms with Gasteiger partial charge < -0.3 is 20.1 Å². The van der Waals surface area contributed by atoms with E-state index in [1.165, 1.54) is 6.20 Å². The number of amides is 1. The lowest BCUT2D eigenvalue weighted by Gasteiger charge is -2.08. The van der Waals surface area contributed by atoms with E-state index in [-0.39, 0.29) is 18.4 Å². The zero-order valence-corrected chi connectivity index (χ0v) is 14.4. The van der Waals surface area contributed by atoms with Crippen molar-refractivity contribution in [1.82, 2.24) is 15.3 Å². The molecule has 1 aromatic carbocycles. The largest absolute Gasteiger partial charge is 0.454 e. The van der Waals surface area contributed by atoms with Crippen LogP contribution in [0.4, 0.5) is 5.82 Å². The molecule has 7 heteroatoms. The Balaban J connectivity index is 1.51. The molecule has 0 spiro atoms. The number of aromatic nitrogens is 2. The van der Waals surface area contributed by atoms with Crippen LogP contribution in [0, 0.1) is 5.92 Å². The molecule has 132 valence electrons. The number of carbonyl (C=O) groups is 1. The summed E-state index contributed by atoms with van der Waals surface area (Å²) in [6.45, 7) is 5.79. The highest BCUT2D eigenvalue weighted by Gasteiger charge is 2.14. The minimum atomic E-state index is -0.265. The van der Waals surface area contributed by atoms with Crippen LogP contribution in [0.3, 0.4) is 0 Å². The second kappa shape index (κ2) is 7.83. The SMILES string of the molecule is CC(C)CCNc1cnc(C(=O)NCc2ccc3c(c2)OCO3)cn1. The monoisotopic (exact) mass is 342 g/mol. The maximum absolute atomic E-state index is 12.2. The average Bonchev–Trinajstić information content (AvgIpc) is 3.07. The summed E-state index contributed by atoms with van der Waals surface area (Å²) in [6.07, 6.45) is 4.11. The molecule has 3 rings (SSSR count). The van der Waals surface area contributed by atoms with E-state index in [1.807, 2.05) is 18.2 Å². The number of carbonyl (C=O) groups excluding carboxylic acids is 1. The Hall–Kier alpha value is -2.83. The van der Waals surface area contributed by atoms with Crippen molar-refractivity contribution in [3.05, 3.63) is 41.9 Å². The van der Waals surface area contributed by atoms with Crippen LogP contribution in [-0.2, 0) is 6.54 Å². The van der Waals surface area contributed by atoms with Gasteiger partial charge in [-0.2, -0.15) is 0 Å².